The van der Waals surface area contributed by atoms with Crippen molar-refractivity contribution in [2.24, 2.45) is 0 Å². The van der Waals surface area contributed by atoms with Gasteiger partial charge in [0.2, 0.25) is 0 Å². The Morgan fingerprint density at radius 3 is 2.89 bits per heavy atom. The van der Waals surface area contributed by atoms with Crippen molar-refractivity contribution in [3.8, 4) is 0 Å². The van der Waals surface area contributed by atoms with Gasteiger partial charge in [-0.3, -0.25) is 14.5 Å². The van der Waals surface area contributed by atoms with E-state index in [1.807, 2.05) is 24.4 Å². The van der Waals surface area contributed by atoms with E-state index in [0.717, 1.165) is 10.4 Å². The second kappa shape index (κ2) is 5.85. The van der Waals surface area contributed by atoms with E-state index in [1.54, 1.807) is 11.3 Å². The van der Waals surface area contributed by atoms with E-state index < -0.39 is 5.97 Å². The van der Waals surface area contributed by atoms with Gasteiger partial charge in [-0.05, 0) is 30.0 Å². The summed E-state index contributed by atoms with van der Waals surface area (Å²) in [6.07, 6.45) is 1.82. The number of carbonyl (C=O) groups is 2. The Hall–Kier alpha value is -1.18. The summed E-state index contributed by atoms with van der Waals surface area (Å²) in [4.78, 5) is 26.2. The van der Waals surface area contributed by atoms with E-state index in [9.17, 15) is 9.59 Å². The molecule has 1 aromatic rings. The number of carbonyl (C=O) groups excluding carboxylic acids is 2. The zero-order valence-corrected chi connectivity index (χ0v) is 12.8. The van der Waals surface area contributed by atoms with Gasteiger partial charge < -0.3 is 4.74 Å². The number of ether oxygens (including phenoxy) is 1. The van der Waals surface area contributed by atoms with Gasteiger partial charge in [0.15, 0.2) is 0 Å². The van der Waals surface area contributed by atoms with Gasteiger partial charge in [0.1, 0.15) is 10.9 Å². The molecule has 0 spiro atoms. The lowest BCUT2D eigenvalue weighted by atomic mass is 10.2. The lowest BCUT2D eigenvalue weighted by molar-refractivity contribution is -0.143. The summed E-state index contributed by atoms with van der Waals surface area (Å²) in [6.45, 7) is 1.85. The van der Waals surface area contributed by atoms with E-state index in [2.05, 4.69) is 4.74 Å². The molecular formula is C12H11NO3S3. The predicted octanol–water partition coefficient (Wildman–Crippen LogP) is 2.43. The number of esters is 1. The lowest BCUT2D eigenvalue weighted by Gasteiger charge is -2.11. The maximum Gasteiger partial charge on any atom is 0.325 e. The second-order valence-corrected chi connectivity index (χ2v) is 6.44. The first kappa shape index (κ1) is 14.2. The fourth-order valence-corrected chi connectivity index (χ4v) is 3.65. The van der Waals surface area contributed by atoms with Gasteiger partial charge in [-0.25, -0.2) is 0 Å². The van der Waals surface area contributed by atoms with Crippen molar-refractivity contribution >= 4 is 57.6 Å². The number of thiocarbonyl (C=S) groups is 1. The van der Waals surface area contributed by atoms with Crippen molar-refractivity contribution in [2.45, 2.75) is 6.92 Å². The van der Waals surface area contributed by atoms with Crippen LogP contribution in [0.3, 0.4) is 0 Å². The highest BCUT2D eigenvalue weighted by atomic mass is 32.2. The topological polar surface area (TPSA) is 46.6 Å². The minimum absolute atomic E-state index is 0.137. The fourth-order valence-electron chi connectivity index (χ4n) is 1.48. The Balaban J connectivity index is 2.21. The van der Waals surface area contributed by atoms with Crippen LogP contribution >= 0.6 is 35.3 Å². The Labute approximate surface area is 124 Å². The van der Waals surface area contributed by atoms with Crippen LogP contribution in [0.4, 0.5) is 0 Å². The van der Waals surface area contributed by atoms with E-state index in [4.69, 9.17) is 12.2 Å². The summed E-state index contributed by atoms with van der Waals surface area (Å²) in [5, 5.41) is 1.97. The van der Waals surface area contributed by atoms with Crippen molar-refractivity contribution in [1.29, 1.82) is 0 Å². The van der Waals surface area contributed by atoms with E-state index in [0.29, 0.717) is 9.23 Å². The Morgan fingerprint density at radius 1 is 1.58 bits per heavy atom. The van der Waals surface area contributed by atoms with E-state index >= 15 is 0 Å². The van der Waals surface area contributed by atoms with Gasteiger partial charge in [-0.1, -0.05) is 24.0 Å². The molecule has 0 N–H and O–H groups in total. The minimum Gasteiger partial charge on any atom is -0.468 e. The zero-order chi connectivity index (χ0) is 14.0. The number of thiophene rings is 1. The van der Waals surface area contributed by atoms with Crippen LogP contribution in [0.2, 0.25) is 0 Å². The molecule has 100 valence electrons. The summed E-state index contributed by atoms with van der Waals surface area (Å²) in [5.41, 5.74) is 1.11. The smallest absolute Gasteiger partial charge is 0.325 e. The van der Waals surface area contributed by atoms with E-state index in [-0.39, 0.29) is 12.5 Å². The van der Waals surface area contributed by atoms with Gasteiger partial charge in [-0.15, -0.1) is 11.3 Å². The van der Waals surface area contributed by atoms with Crippen molar-refractivity contribution in [2.75, 3.05) is 13.7 Å². The molecule has 1 aliphatic rings. The van der Waals surface area contributed by atoms with Gasteiger partial charge in [0.25, 0.3) is 5.91 Å². The third-order valence-corrected chi connectivity index (χ3v) is 4.90. The summed E-state index contributed by atoms with van der Waals surface area (Å²) in [5.74, 6) is -0.724. The van der Waals surface area contributed by atoms with Crippen molar-refractivity contribution in [3.05, 3.63) is 26.8 Å². The first-order chi connectivity index (χ1) is 9.02. The van der Waals surface area contributed by atoms with Crippen LogP contribution in [0.25, 0.3) is 6.08 Å². The van der Waals surface area contributed by atoms with Crippen molar-refractivity contribution < 1.29 is 14.3 Å². The van der Waals surface area contributed by atoms with E-state index in [1.165, 1.54) is 23.8 Å². The minimum atomic E-state index is -0.482. The molecule has 0 atom stereocenters. The molecule has 2 rings (SSSR count). The standard InChI is InChI=1S/C12H11NO3S3/c1-7-3-4-18-8(7)5-9-11(15)13(12(17)19-9)6-10(14)16-2/h3-5H,6H2,1-2H3/b9-5+. The summed E-state index contributed by atoms with van der Waals surface area (Å²) in [6, 6.07) is 1.99. The zero-order valence-electron chi connectivity index (χ0n) is 10.3. The molecule has 2 heterocycles. The third-order valence-electron chi connectivity index (χ3n) is 2.55. The highest BCUT2D eigenvalue weighted by molar-refractivity contribution is 8.26. The molecule has 0 saturated carbocycles. The molecule has 7 heteroatoms. The maximum absolute atomic E-state index is 12.2. The van der Waals surface area contributed by atoms with Gasteiger partial charge >= 0.3 is 5.97 Å². The van der Waals surface area contributed by atoms with Gasteiger partial charge in [-0.2, -0.15) is 0 Å². The van der Waals surface area contributed by atoms with Crippen LogP contribution in [-0.2, 0) is 14.3 Å². The molecule has 19 heavy (non-hydrogen) atoms. The number of aryl methyl sites for hydroxylation is 1. The average Bonchev–Trinajstić information content (AvgIpc) is 2.89. The number of hydrogen-bond acceptors (Lipinski definition) is 6. The number of nitrogens with zero attached hydrogens (tertiary/aromatic N) is 1. The van der Waals surface area contributed by atoms with Gasteiger partial charge in [0, 0.05) is 4.88 Å². The average molecular weight is 313 g/mol. The molecule has 1 amide bonds. The molecule has 0 bridgehead atoms. The largest absolute Gasteiger partial charge is 0.468 e. The third kappa shape index (κ3) is 3.05. The Kier molecular flexibility index (Phi) is 4.38. The molecule has 0 aliphatic carbocycles. The monoisotopic (exact) mass is 313 g/mol. The van der Waals surface area contributed by atoms with Crippen LogP contribution in [0, 0.1) is 6.92 Å². The molecule has 1 fully saturated rings. The highest BCUT2D eigenvalue weighted by Gasteiger charge is 2.33. The summed E-state index contributed by atoms with van der Waals surface area (Å²) >= 11 is 7.89. The number of thioether (sulfide) groups is 1. The Morgan fingerprint density at radius 2 is 2.32 bits per heavy atom. The molecule has 0 radical (unpaired) electrons. The van der Waals surface area contributed by atoms with Crippen LogP contribution in [0.1, 0.15) is 10.4 Å². The number of amides is 1. The molecule has 1 saturated heterocycles. The number of hydrogen-bond donors (Lipinski definition) is 0. The summed E-state index contributed by atoms with van der Waals surface area (Å²) < 4.78 is 4.93. The first-order valence-electron chi connectivity index (χ1n) is 5.39. The molecule has 0 unspecified atom stereocenters. The molecule has 0 aromatic carbocycles. The van der Waals surface area contributed by atoms with Crippen molar-refractivity contribution in [1.82, 2.24) is 4.90 Å². The molecule has 1 aromatic heterocycles. The molecular weight excluding hydrogens is 302 g/mol. The lowest BCUT2D eigenvalue weighted by Crippen LogP contribution is -2.33. The number of methoxy groups -OCH3 is 1. The predicted molar refractivity (Wildman–Crippen MR) is 81.0 cm³/mol. The van der Waals surface area contributed by atoms with Crippen molar-refractivity contribution in [3.63, 3.8) is 0 Å². The quantitative estimate of drug-likeness (QED) is 0.487. The molecule has 1 aliphatic heterocycles. The Bertz CT molecular complexity index is 577. The second-order valence-electron chi connectivity index (χ2n) is 3.81. The molecule has 4 nitrogen and oxygen atoms in total. The summed E-state index contributed by atoms with van der Waals surface area (Å²) in [7, 11) is 1.28. The van der Waals surface area contributed by atoms with Crippen LogP contribution in [-0.4, -0.2) is 34.8 Å². The normalized spacial score (nSPS) is 17.4. The van der Waals surface area contributed by atoms with Crippen LogP contribution in [0.5, 0.6) is 0 Å². The fraction of sp³-hybridized carbons (Fsp3) is 0.250. The SMILES string of the molecule is COC(=O)CN1C(=O)/C(=C\c2sccc2C)SC1=S. The number of rotatable bonds is 3. The van der Waals surface area contributed by atoms with Gasteiger partial charge in [0.05, 0.1) is 12.0 Å². The highest BCUT2D eigenvalue weighted by Crippen LogP contribution is 2.33. The van der Waals surface area contributed by atoms with Crippen LogP contribution < -0.4 is 0 Å². The first-order valence-corrected chi connectivity index (χ1v) is 7.49. The maximum atomic E-state index is 12.2. The van der Waals surface area contributed by atoms with Crippen LogP contribution in [0.15, 0.2) is 16.4 Å².